The van der Waals surface area contributed by atoms with E-state index in [1.54, 1.807) is 4.90 Å². The first-order valence-corrected chi connectivity index (χ1v) is 14.4. The number of rotatable bonds is 7. The maximum absolute atomic E-state index is 12.7. The number of esters is 1. The van der Waals surface area contributed by atoms with Crippen LogP contribution in [0.3, 0.4) is 0 Å². The second-order valence-corrected chi connectivity index (χ2v) is 11.5. The van der Waals surface area contributed by atoms with E-state index in [2.05, 4.69) is 11.0 Å². The minimum absolute atomic E-state index is 0.135. The maximum Gasteiger partial charge on any atom is 0.410 e. The average molecular weight is 553 g/mol. The fourth-order valence-corrected chi connectivity index (χ4v) is 5.14. The Labute approximate surface area is 234 Å². The highest BCUT2D eigenvalue weighted by atomic mass is 32.2. The molecule has 2 aliphatic heterocycles. The summed E-state index contributed by atoms with van der Waals surface area (Å²) in [6.07, 6.45) is 2.49. The van der Waals surface area contributed by atoms with E-state index in [-0.39, 0.29) is 37.7 Å². The van der Waals surface area contributed by atoms with Crippen molar-refractivity contribution in [2.45, 2.75) is 63.6 Å². The molecule has 2 aromatic rings. The molecular weight excluding hydrogens is 516 g/mol. The van der Waals surface area contributed by atoms with Crippen molar-refractivity contribution in [3.05, 3.63) is 47.2 Å². The molecule has 10 nitrogen and oxygen atoms in total. The van der Waals surface area contributed by atoms with Crippen molar-refractivity contribution in [3.63, 3.8) is 0 Å². The number of ether oxygens (including phenoxy) is 2. The first-order valence-electron chi connectivity index (χ1n) is 13.1. The Morgan fingerprint density at radius 3 is 2.62 bits per heavy atom. The first-order chi connectivity index (χ1) is 18.7. The van der Waals surface area contributed by atoms with Crippen LogP contribution in [0.25, 0.3) is 0 Å². The van der Waals surface area contributed by atoms with Crippen LogP contribution in [0.2, 0.25) is 0 Å². The number of carbonyl (C=O) groups is 2. The van der Waals surface area contributed by atoms with Crippen LogP contribution in [0.4, 0.5) is 10.6 Å². The topological polar surface area (TPSA) is 112 Å². The van der Waals surface area contributed by atoms with Crippen LogP contribution in [0.15, 0.2) is 35.5 Å². The molecular formula is C28H36N6O4S. The first kappa shape index (κ1) is 28.6. The Morgan fingerprint density at radius 1 is 1.15 bits per heavy atom. The summed E-state index contributed by atoms with van der Waals surface area (Å²) in [5.41, 5.74) is 2.22. The van der Waals surface area contributed by atoms with Crippen molar-refractivity contribution in [1.29, 1.82) is 5.26 Å². The van der Waals surface area contributed by atoms with E-state index in [0.717, 1.165) is 22.6 Å². The van der Waals surface area contributed by atoms with Crippen molar-refractivity contribution in [3.8, 4) is 6.07 Å². The number of thioether (sulfide) groups is 1. The van der Waals surface area contributed by atoms with E-state index in [9.17, 15) is 14.9 Å². The van der Waals surface area contributed by atoms with Crippen molar-refractivity contribution in [2.75, 3.05) is 43.9 Å². The quantitative estimate of drug-likeness (QED) is 0.287. The summed E-state index contributed by atoms with van der Waals surface area (Å²) in [5, 5.41) is 10.2. The molecule has 1 aromatic carbocycles. The van der Waals surface area contributed by atoms with Crippen molar-refractivity contribution in [1.82, 2.24) is 19.8 Å². The second kappa shape index (κ2) is 12.7. The summed E-state index contributed by atoms with van der Waals surface area (Å²) >= 11 is 1.46. The van der Waals surface area contributed by atoms with Crippen molar-refractivity contribution in [2.24, 2.45) is 0 Å². The fraction of sp³-hybridized carbons (Fsp3) is 0.536. The standard InChI is InChI=1S/C28H36N6O4S/c1-28(2,3)38-27(36)34-13-11-22-23(17-34)30-26(39-4)31-25(22)33-15-14-32(21(16-33)10-12-29)18-24(35)37-19-20-8-6-5-7-9-20/h5-9,21H,10-11,13-19H2,1-4H3/t21-/m0/s1. The molecule has 11 heteroatoms. The van der Waals surface area contributed by atoms with E-state index in [1.807, 2.05) is 62.3 Å². The van der Waals surface area contributed by atoms with Gasteiger partial charge in [-0.1, -0.05) is 42.1 Å². The maximum atomic E-state index is 12.7. The zero-order chi connectivity index (χ0) is 28.0. The summed E-state index contributed by atoms with van der Waals surface area (Å²) in [7, 11) is 0. The van der Waals surface area contributed by atoms with Crippen LogP contribution in [0, 0.1) is 11.3 Å². The molecule has 1 aromatic heterocycles. The van der Waals surface area contributed by atoms with E-state index in [0.29, 0.717) is 44.3 Å². The third-order valence-corrected chi connectivity index (χ3v) is 7.21. The minimum Gasteiger partial charge on any atom is -0.460 e. The van der Waals surface area contributed by atoms with Gasteiger partial charge >= 0.3 is 12.1 Å². The number of amides is 1. The lowest BCUT2D eigenvalue weighted by atomic mass is 10.0. The number of hydrogen-bond acceptors (Lipinski definition) is 10. The number of piperazine rings is 1. The van der Waals surface area contributed by atoms with Gasteiger partial charge in [0, 0.05) is 37.8 Å². The molecule has 1 atom stereocenters. The fourth-order valence-electron chi connectivity index (χ4n) is 4.77. The molecule has 0 saturated carbocycles. The number of aromatic nitrogens is 2. The Bertz CT molecular complexity index is 1210. The summed E-state index contributed by atoms with van der Waals surface area (Å²) in [4.78, 5) is 40.8. The van der Waals surface area contributed by atoms with Gasteiger partial charge in [0.1, 0.15) is 18.0 Å². The van der Waals surface area contributed by atoms with Gasteiger partial charge in [-0.25, -0.2) is 14.8 Å². The van der Waals surface area contributed by atoms with Gasteiger partial charge < -0.3 is 19.3 Å². The molecule has 0 unspecified atom stereocenters. The van der Waals surface area contributed by atoms with Crippen LogP contribution in [0.5, 0.6) is 0 Å². The lowest BCUT2D eigenvalue weighted by Gasteiger charge is -2.42. The zero-order valence-electron chi connectivity index (χ0n) is 23.1. The molecule has 39 heavy (non-hydrogen) atoms. The third kappa shape index (κ3) is 7.61. The number of hydrogen-bond donors (Lipinski definition) is 0. The highest BCUT2D eigenvalue weighted by molar-refractivity contribution is 7.98. The molecule has 2 aliphatic rings. The predicted molar refractivity (Wildman–Crippen MR) is 148 cm³/mol. The molecule has 0 bridgehead atoms. The lowest BCUT2D eigenvalue weighted by molar-refractivity contribution is -0.147. The SMILES string of the molecule is CSc1nc2c(c(N3CCN(CC(=O)OCc4ccccc4)[C@@H](CC#N)C3)n1)CCN(C(=O)OC(C)(C)C)C2. The third-order valence-electron chi connectivity index (χ3n) is 6.66. The van der Waals surface area contributed by atoms with Gasteiger partial charge in [-0.2, -0.15) is 5.26 Å². The second-order valence-electron chi connectivity index (χ2n) is 10.7. The van der Waals surface area contributed by atoms with E-state index in [4.69, 9.17) is 19.4 Å². The largest absolute Gasteiger partial charge is 0.460 e. The summed E-state index contributed by atoms with van der Waals surface area (Å²) in [6, 6.07) is 11.7. The van der Waals surface area contributed by atoms with Crippen LogP contribution >= 0.6 is 11.8 Å². The average Bonchev–Trinajstić information content (AvgIpc) is 2.91. The molecule has 208 valence electrons. The van der Waals surface area contributed by atoms with E-state index >= 15 is 0 Å². The highest BCUT2D eigenvalue weighted by Crippen LogP contribution is 2.31. The van der Waals surface area contributed by atoms with Crippen molar-refractivity contribution < 1.29 is 19.1 Å². The van der Waals surface area contributed by atoms with Crippen molar-refractivity contribution >= 4 is 29.6 Å². The molecule has 4 rings (SSSR count). The van der Waals surface area contributed by atoms with Gasteiger partial charge in [0.25, 0.3) is 0 Å². The molecule has 1 saturated heterocycles. The number of carbonyl (C=O) groups excluding carboxylic acids is 2. The number of nitriles is 1. The zero-order valence-corrected chi connectivity index (χ0v) is 23.9. The van der Waals surface area contributed by atoms with Gasteiger partial charge in [-0.05, 0) is 39.0 Å². The van der Waals surface area contributed by atoms with Crippen LogP contribution < -0.4 is 4.90 Å². The van der Waals surface area contributed by atoms with Gasteiger partial charge in [0.15, 0.2) is 5.16 Å². The van der Waals surface area contributed by atoms with Crippen LogP contribution in [0.1, 0.15) is 44.0 Å². The number of benzene rings is 1. The molecule has 0 N–H and O–H groups in total. The summed E-state index contributed by atoms with van der Waals surface area (Å²) < 4.78 is 11.1. The van der Waals surface area contributed by atoms with Gasteiger partial charge in [0.2, 0.25) is 0 Å². The normalized spacial score (nSPS) is 17.8. The van der Waals surface area contributed by atoms with Gasteiger partial charge in [-0.3, -0.25) is 9.69 Å². The Morgan fingerprint density at radius 2 is 1.92 bits per heavy atom. The Hall–Kier alpha value is -3.36. The molecule has 0 aliphatic carbocycles. The van der Waals surface area contributed by atoms with E-state index < -0.39 is 5.60 Å². The van der Waals surface area contributed by atoms with Crippen LogP contribution in [-0.2, 0) is 33.8 Å². The molecule has 3 heterocycles. The van der Waals surface area contributed by atoms with E-state index in [1.165, 1.54) is 11.8 Å². The molecule has 0 spiro atoms. The predicted octanol–water partition coefficient (Wildman–Crippen LogP) is 3.64. The minimum atomic E-state index is -0.567. The molecule has 1 amide bonds. The van der Waals surface area contributed by atoms with Gasteiger partial charge in [0.05, 0.1) is 31.3 Å². The van der Waals surface area contributed by atoms with Crippen LogP contribution in [-0.4, -0.2) is 82.5 Å². The lowest BCUT2D eigenvalue weighted by Crippen LogP contribution is -2.55. The number of fused-ring (bicyclic) bond motifs is 1. The number of nitrogens with zero attached hydrogens (tertiary/aromatic N) is 6. The number of anilines is 1. The molecule has 0 radical (unpaired) electrons. The Kier molecular flexibility index (Phi) is 9.30. The van der Waals surface area contributed by atoms with Gasteiger partial charge in [-0.15, -0.1) is 0 Å². The molecule has 1 fully saturated rings. The smallest absolute Gasteiger partial charge is 0.410 e. The summed E-state index contributed by atoms with van der Waals surface area (Å²) in [6.45, 7) is 8.63. The monoisotopic (exact) mass is 552 g/mol. The highest BCUT2D eigenvalue weighted by Gasteiger charge is 2.34. The Balaban J connectivity index is 1.45. The summed E-state index contributed by atoms with van der Waals surface area (Å²) in [5.74, 6) is 0.545.